The topological polar surface area (TPSA) is 69.5 Å². The first-order valence-corrected chi connectivity index (χ1v) is 3.59. The average Bonchev–Trinajstić information content (AvgIpc) is 2.05. The molecule has 0 rings (SSSR count). The first-order chi connectivity index (χ1) is 5.81. The molecule has 0 fully saturated rings. The molecular formula is C6H12N2O4. The summed E-state index contributed by atoms with van der Waals surface area (Å²) in [5.41, 5.74) is 0. The minimum absolute atomic E-state index is 0.105. The van der Waals surface area contributed by atoms with E-state index in [-0.39, 0.29) is 13.3 Å². The van der Waals surface area contributed by atoms with Gasteiger partial charge in [0.15, 0.2) is 6.73 Å². The van der Waals surface area contributed by atoms with Crippen LogP contribution in [0.3, 0.4) is 0 Å². The van der Waals surface area contributed by atoms with Crippen LogP contribution in [0.15, 0.2) is 10.2 Å². The van der Waals surface area contributed by atoms with Crippen LogP contribution in [0.4, 0.5) is 4.79 Å². The lowest BCUT2D eigenvalue weighted by atomic mass is 10.9. The van der Waals surface area contributed by atoms with Crippen molar-refractivity contribution in [1.82, 2.24) is 0 Å². The molecule has 0 saturated carbocycles. The number of carbonyl (C=O) groups excluding carboxylic acids is 1. The third-order valence-electron chi connectivity index (χ3n) is 0.732. The minimum Gasteiger partial charge on any atom is -0.447 e. The molecule has 0 bridgehead atoms. The van der Waals surface area contributed by atoms with Crippen molar-refractivity contribution in [2.45, 2.75) is 13.8 Å². The highest BCUT2D eigenvalue weighted by atomic mass is 17.2. The van der Waals surface area contributed by atoms with E-state index in [0.717, 1.165) is 0 Å². The van der Waals surface area contributed by atoms with Gasteiger partial charge in [-0.3, -0.25) is 0 Å². The van der Waals surface area contributed by atoms with Crippen LogP contribution in [-0.2, 0) is 14.5 Å². The molecule has 0 unspecified atom stereocenters. The Kier molecular flexibility index (Phi) is 7.41. The first-order valence-electron chi connectivity index (χ1n) is 3.59. The second-order valence-electron chi connectivity index (χ2n) is 1.59. The summed E-state index contributed by atoms with van der Waals surface area (Å²) < 4.78 is 4.45. The molecule has 0 heterocycles. The van der Waals surface area contributed by atoms with Gasteiger partial charge in [-0.15, -0.1) is 0 Å². The highest BCUT2D eigenvalue weighted by Gasteiger charge is 1.94. The van der Waals surface area contributed by atoms with Crippen molar-refractivity contribution in [2.75, 3.05) is 19.9 Å². The molecule has 0 aromatic rings. The van der Waals surface area contributed by atoms with Crippen molar-refractivity contribution in [1.29, 1.82) is 0 Å². The van der Waals surface area contributed by atoms with Crippen LogP contribution in [0.2, 0.25) is 0 Å². The van der Waals surface area contributed by atoms with Gasteiger partial charge in [-0.25, -0.2) is 14.6 Å². The standard InChI is InChI=1S/C6H12N2O4/c1-3-10-6(9)8-7-5-12-11-4-2/h3-5H2,1-2H3/b8-7+. The van der Waals surface area contributed by atoms with Gasteiger partial charge < -0.3 is 4.74 Å². The van der Waals surface area contributed by atoms with Gasteiger partial charge in [0.25, 0.3) is 0 Å². The lowest BCUT2D eigenvalue weighted by molar-refractivity contribution is -0.290. The monoisotopic (exact) mass is 176 g/mol. The van der Waals surface area contributed by atoms with Gasteiger partial charge in [0.2, 0.25) is 0 Å². The van der Waals surface area contributed by atoms with Crippen LogP contribution in [0.25, 0.3) is 0 Å². The van der Waals surface area contributed by atoms with Crippen molar-refractivity contribution in [3.8, 4) is 0 Å². The van der Waals surface area contributed by atoms with E-state index >= 15 is 0 Å². The zero-order chi connectivity index (χ0) is 9.23. The number of amides is 1. The Morgan fingerprint density at radius 2 is 2.00 bits per heavy atom. The maximum Gasteiger partial charge on any atom is 0.452 e. The zero-order valence-electron chi connectivity index (χ0n) is 7.15. The number of carbonyl (C=O) groups is 1. The fourth-order valence-corrected chi connectivity index (χ4v) is 0.383. The lowest BCUT2D eigenvalue weighted by Gasteiger charge is -1.95. The molecule has 0 aliphatic rings. The van der Waals surface area contributed by atoms with E-state index in [4.69, 9.17) is 0 Å². The van der Waals surface area contributed by atoms with E-state index < -0.39 is 6.09 Å². The molecular weight excluding hydrogens is 164 g/mol. The van der Waals surface area contributed by atoms with Gasteiger partial charge in [-0.05, 0) is 13.8 Å². The zero-order valence-corrected chi connectivity index (χ0v) is 7.15. The number of hydrogen-bond acceptors (Lipinski definition) is 5. The Balaban J connectivity index is 3.29. The molecule has 70 valence electrons. The van der Waals surface area contributed by atoms with E-state index in [0.29, 0.717) is 6.61 Å². The molecule has 1 amide bonds. The average molecular weight is 176 g/mol. The van der Waals surface area contributed by atoms with Gasteiger partial charge in [0.1, 0.15) is 0 Å². The number of nitrogens with zero attached hydrogens (tertiary/aromatic N) is 2. The van der Waals surface area contributed by atoms with Gasteiger partial charge in [-0.1, -0.05) is 5.11 Å². The second kappa shape index (κ2) is 8.09. The van der Waals surface area contributed by atoms with Crippen LogP contribution < -0.4 is 0 Å². The van der Waals surface area contributed by atoms with Crippen LogP contribution in [0, 0.1) is 0 Å². The van der Waals surface area contributed by atoms with Crippen molar-refractivity contribution in [3.63, 3.8) is 0 Å². The molecule has 0 aliphatic heterocycles. The molecule has 12 heavy (non-hydrogen) atoms. The summed E-state index contributed by atoms with van der Waals surface area (Å²) in [6, 6.07) is 0. The molecule has 0 saturated heterocycles. The molecule has 0 atom stereocenters. The summed E-state index contributed by atoms with van der Waals surface area (Å²) in [5.74, 6) is 0. The Morgan fingerprint density at radius 1 is 1.25 bits per heavy atom. The highest BCUT2D eigenvalue weighted by Crippen LogP contribution is 1.86. The van der Waals surface area contributed by atoms with E-state index in [1.807, 2.05) is 0 Å². The molecule has 0 spiro atoms. The smallest absolute Gasteiger partial charge is 0.447 e. The summed E-state index contributed by atoms with van der Waals surface area (Å²) >= 11 is 0. The molecule has 0 aromatic heterocycles. The Hall–Kier alpha value is -1.01. The van der Waals surface area contributed by atoms with Crippen LogP contribution in [0.5, 0.6) is 0 Å². The molecule has 6 nitrogen and oxygen atoms in total. The lowest BCUT2D eigenvalue weighted by Crippen LogP contribution is -1.98. The largest absolute Gasteiger partial charge is 0.452 e. The van der Waals surface area contributed by atoms with E-state index in [9.17, 15) is 4.79 Å². The van der Waals surface area contributed by atoms with Crippen molar-refractivity contribution in [3.05, 3.63) is 0 Å². The van der Waals surface area contributed by atoms with Crippen LogP contribution in [-0.4, -0.2) is 26.0 Å². The van der Waals surface area contributed by atoms with Gasteiger partial charge in [0, 0.05) is 0 Å². The molecule has 0 N–H and O–H groups in total. The maximum atomic E-state index is 10.5. The Bertz CT molecular complexity index is 148. The summed E-state index contributed by atoms with van der Waals surface area (Å²) in [6.45, 7) is 4.05. The van der Waals surface area contributed by atoms with Crippen LogP contribution in [0.1, 0.15) is 13.8 Å². The second-order valence-corrected chi connectivity index (χ2v) is 1.59. The summed E-state index contributed by atoms with van der Waals surface area (Å²) in [5, 5.41) is 6.48. The van der Waals surface area contributed by atoms with Gasteiger partial charge in [0.05, 0.1) is 13.2 Å². The highest BCUT2D eigenvalue weighted by molar-refractivity contribution is 5.67. The SMILES string of the molecule is CCOOC/N=N/C(=O)OCC. The summed E-state index contributed by atoms with van der Waals surface area (Å²) in [6.07, 6.45) is -0.724. The van der Waals surface area contributed by atoms with Gasteiger partial charge in [-0.2, -0.15) is 5.11 Å². The first kappa shape index (κ1) is 11.0. The maximum absolute atomic E-state index is 10.5. The summed E-state index contributed by atoms with van der Waals surface area (Å²) in [7, 11) is 0. The third kappa shape index (κ3) is 7.10. The molecule has 6 heteroatoms. The Labute approximate surface area is 70.4 Å². The molecule has 0 aromatic carbocycles. The van der Waals surface area contributed by atoms with E-state index in [2.05, 4.69) is 24.7 Å². The predicted octanol–water partition coefficient (Wildman–Crippen LogP) is 1.52. The molecule has 0 aliphatic carbocycles. The summed E-state index contributed by atoms with van der Waals surface area (Å²) in [4.78, 5) is 19.4. The quantitative estimate of drug-likeness (QED) is 0.275. The number of rotatable bonds is 5. The van der Waals surface area contributed by atoms with Crippen LogP contribution >= 0.6 is 0 Å². The number of azo groups is 1. The predicted molar refractivity (Wildman–Crippen MR) is 39.5 cm³/mol. The van der Waals surface area contributed by atoms with Crippen molar-refractivity contribution < 1.29 is 19.3 Å². The number of ether oxygens (including phenoxy) is 1. The Morgan fingerprint density at radius 3 is 2.58 bits per heavy atom. The molecule has 0 radical (unpaired) electrons. The third-order valence-corrected chi connectivity index (χ3v) is 0.732. The van der Waals surface area contributed by atoms with E-state index in [1.165, 1.54) is 0 Å². The fraction of sp³-hybridized carbons (Fsp3) is 0.833. The van der Waals surface area contributed by atoms with Crippen molar-refractivity contribution in [2.24, 2.45) is 10.2 Å². The minimum atomic E-state index is -0.724. The van der Waals surface area contributed by atoms with Crippen molar-refractivity contribution >= 4 is 6.09 Å². The fourth-order valence-electron chi connectivity index (χ4n) is 0.383. The number of hydrogen-bond donors (Lipinski definition) is 0. The van der Waals surface area contributed by atoms with Gasteiger partial charge >= 0.3 is 6.09 Å². The van der Waals surface area contributed by atoms with E-state index in [1.54, 1.807) is 13.8 Å². The normalized spacial score (nSPS) is 10.5.